The smallest absolute Gasteiger partial charge is 0.273 e. The number of fused-ring (bicyclic) bond motifs is 4. The maximum atomic E-state index is 13.7. The van der Waals surface area contributed by atoms with Crippen LogP contribution in [0.4, 0.5) is 4.39 Å². The zero-order valence-corrected chi connectivity index (χ0v) is 11.9. The highest BCUT2D eigenvalue weighted by Gasteiger charge is 2.30. The number of amides is 1. The van der Waals surface area contributed by atoms with Gasteiger partial charge >= 0.3 is 0 Å². The first-order chi connectivity index (χ1) is 9.61. The molecule has 20 heavy (non-hydrogen) atoms. The van der Waals surface area contributed by atoms with Crippen molar-refractivity contribution in [1.82, 2.24) is 15.2 Å². The van der Waals surface area contributed by atoms with Crippen molar-refractivity contribution in [2.75, 3.05) is 19.6 Å². The normalized spacial score (nSPS) is 29.0. The van der Waals surface area contributed by atoms with Crippen molar-refractivity contribution in [2.24, 2.45) is 5.92 Å². The second kappa shape index (κ2) is 5.66. The molecule has 0 unspecified atom stereocenters. The number of aromatic nitrogens is 1. The van der Waals surface area contributed by atoms with E-state index >= 15 is 0 Å². The van der Waals surface area contributed by atoms with Crippen LogP contribution in [0.5, 0.6) is 0 Å². The van der Waals surface area contributed by atoms with Crippen LogP contribution < -0.4 is 5.32 Å². The zero-order valence-electron chi connectivity index (χ0n) is 11.1. The summed E-state index contributed by atoms with van der Waals surface area (Å²) in [5, 5.41) is 3.10. The Balaban J connectivity index is 1.69. The molecule has 3 saturated heterocycles. The van der Waals surface area contributed by atoms with E-state index in [1.165, 1.54) is 19.0 Å². The number of carbonyl (C=O) groups is 1. The largest absolute Gasteiger partial charge is 0.347 e. The van der Waals surface area contributed by atoms with E-state index in [1.807, 2.05) is 0 Å². The van der Waals surface area contributed by atoms with Gasteiger partial charge in [-0.25, -0.2) is 9.37 Å². The molecule has 0 aliphatic carbocycles. The quantitative estimate of drug-likeness (QED) is 0.909. The van der Waals surface area contributed by atoms with Crippen LogP contribution in [0.3, 0.4) is 0 Å². The maximum Gasteiger partial charge on any atom is 0.273 e. The Bertz CT molecular complexity index is 503. The van der Waals surface area contributed by atoms with Crippen molar-refractivity contribution < 1.29 is 9.18 Å². The number of rotatable bonds is 2. The van der Waals surface area contributed by atoms with Crippen molar-refractivity contribution >= 4 is 17.5 Å². The van der Waals surface area contributed by atoms with Gasteiger partial charge in [-0.15, -0.1) is 0 Å². The Labute approximate surface area is 122 Å². The summed E-state index contributed by atoms with van der Waals surface area (Å²) in [5.74, 6) is -0.458. The molecule has 0 saturated carbocycles. The zero-order chi connectivity index (χ0) is 14.1. The average Bonchev–Trinajstić information content (AvgIpc) is 2.70. The number of nitrogens with zero attached hydrogens (tertiary/aromatic N) is 2. The molecule has 3 fully saturated rings. The van der Waals surface area contributed by atoms with Crippen LogP contribution in [0.2, 0.25) is 5.02 Å². The van der Waals surface area contributed by atoms with Crippen LogP contribution in [0.25, 0.3) is 0 Å². The molecule has 4 nitrogen and oxygen atoms in total. The summed E-state index contributed by atoms with van der Waals surface area (Å²) in [6.07, 6.45) is 4.65. The van der Waals surface area contributed by atoms with Gasteiger partial charge in [0.25, 0.3) is 5.91 Å². The van der Waals surface area contributed by atoms with Gasteiger partial charge in [0.15, 0.2) is 11.5 Å². The summed E-state index contributed by atoms with van der Waals surface area (Å²) >= 11 is 5.64. The van der Waals surface area contributed by atoms with E-state index in [1.54, 1.807) is 0 Å². The first kappa shape index (κ1) is 13.8. The summed E-state index contributed by atoms with van der Waals surface area (Å²) in [6.45, 7) is 3.05. The van der Waals surface area contributed by atoms with Crippen LogP contribution in [-0.2, 0) is 0 Å². The average molecular weight is 298 g/mol. The molecule has 4 rings (SSSR count). The molecule has 0 spiro atoms. The molecular weight excluding hydrogens is 281 g/mol. The molecule has 3 aliphatic heterocycles. The first-order valence-corrected chi connectivity index (χ1v) is 7.34. The number of carbonyl (C=O) groups excluding carboxylic acids is 1. The lowest BCUT2D eigenvalue weighted by Gasteiger charge is -2.26. The molecular formula is C14H17ClFN3O. The van der Waals surface area contributed by atoms with E-state index in [0.717, 1.165) is 32.1 Å². The third-order valence-corrected chi connectivity index (χ3v) is 4.37. The van der Waals surface area contributed by atoms with Crippen LogP contribution in [0.1, 0.15) is 29.8 Å². The predicted molar refractivity (Wildman–Crippen MR) is 74.2 cm³/mol. The Morgan fingerprint density at radius 3 is 2.90 bits per heavy atom. The minimum absolute atomic E-state index is 0.0781. The summed E-state index contributed by atoms with van der Waals surface area (Å²) < 4.78 is 13.7. The summed E-state index contributed by atoms with van der Waals surface area (Å²) in [5.41, 5.74) is -0.180. The number of hydrogen-bond donors (Lipinski definition) is 1. The highest BCUT2D eigenvalue weighted by Crippen LogP contribution is 2.26. The molecule has 1 N–H and O–H groups in total. The lowest BCUT2D eigenvalue weighted by molar-refractivity contribution is 0.0919. The van der Waals surface area contributed by atoms with Gasteiger partial charge in [0.1, 0.15) is 0 Å². The lowest BCUT2D eigenvalue weighted by atomic mass is 9.94. The van der Waals surface area contributed by atoms with Gasteiger partial charge in [0, 0.05) is 18.8 Å². The topological polar surface area (TPSA) is 45.2 Å². The molecule has 1 amide bonds. The molecule has 4 heterocycles. The molecule has 1 aromatic heterocycles. The van der Waals surface area contributed by atoms with Gasteiger partial charge in [-0.05, 0) is 44.3 Å². The van der Waals surface area contributed by atoms with E-state index in [9.17, 15) is 9.18 Å². The molecule has 3 aliphatic rings. The van der Waals surface area contributed by atoms with E-state index in [4.69, 9.17) is 11.6 Å². The summed E-state index contributed by atoms with van der Waals surface area (Å²) in [4.78, 5) is 18.3. The van der Waals surface area contributed by atoms with Gasteiger partial charge in [0.2, 0.25) is 0 Å². The Morgan fingerprint density at radius 2 is 2.20 bits per heavy atom. The van der Waals surface area contributed by atoms with Gasteiger partial charge < -0.3 is 10.2 Å². The van der Waals surface area contributed by atoms with Crippen molar-refractivity contribution in [3.63, 3.8) is 0 Å². The Hall–Kier alpha value is -1.20. The van der Waals surface area contributed by atoms with Gasteiger partial charge in [-0.3, -0.25) is 4.79 Å². The molecule has 0 radical (unpaired) electrons. The standard InChI is InChI=1S/C14H17ClFN3O/c15-10-6-12(16)13(17-7-10)14(20)18-11-5-9-1-3-19(8-11)4-2-9/h6-7,9,11H,1-5,8H2,(H,18,20)/t11-/m1/s1. The third kappa shape index (κ3) is 2.94. The fourth-order valence-corrected chi connectivity index (χ4v) is 3.28. The number of hydrogen-bond acceptors (Lipinski definition) is 3. The molecule has 108 valence electrons. The highest BCUT2D eigenvalue weighted by atomic mass is 35.5. The molecule has 6 heteroatoms. The monoisotopic (exact) mass is 297 g/mol. The minimum Gasteiger partial charge on any atom is -0.347 e. The Morgan fingerprint density at radius 1 is 1.45 bits per heavy atom. The van der Waals surface area contributed by atoms with Gasteiger partial charge in [-0.1, -0.05) is 11.6 Å². The summed E-state index contributed by atoms with van der Waals surface area (Å²) in [7, 11) is 0. The minimum atomic E-state index is -0.674. The van der Waals surface area contributed by atoms with E-state index in [-0.39, 0.29) is 16.8 Å². The van der Waals surface area contributed by atoms with Crippen molar-refractivity contribution in [3.8, 4) is 0 Å². The molecule has 0 aromatic carbocycles. The van der Waals surface area contributed by atoms with E-state index < -0.39 is 11.7 Å². The maximum absolute atomic E-state index is 13.7. The number of nitrogens with one attached hydrogen (secondary N) is 1. The van der Waals surface area contributed by atoms with E-state index in [2.05, 4.69) is 15.2 Å². The van der Waals surface area contributed by atoms with Crippen LogP contribution in [0.15, 0.2) is 12.3 Å². The fourth-order valence-electron chi connectivity index (χ4n) is 3.13. The lowest BCUT2D eigenvalue weighted by Crippen LogP contribution is -2.42. The van der Waals surface area contributed by atoms with Gasteiger partial charge in [-0.2, -0.15) is 0 Å². The van der Waals surface area contributed by atoms with Gasteiger partial charge in [0.05, 0.1) is 5.02 Å². The molecule has 2 bridgehead atoms. The number of pyridine rings is 1. The Kier molecular flexibility index (Phi) is 3.89. The molecule has 1 atom stereocenters. The second-order valence-electron chi connectivity index (χ2n) is 5.63. The highest BCUT2D eigenvalue weighted by molar-refractivity contribution is 6.30. The second-order valence-corrected chi connectivity index (χ2v) is 6.07. The van der Waals surface area contributed by atoms with E-state index in [0.29, 0.717) is 5.92 Å². The summed E-state index contributed by atoms with van der Waals surface area (Å²) in [6, 6.07) is 1.19. The van der Waals surface area contributed by atoms with Crippen molar-refractivity contribution in [2.45, 2.75) is 25.3 Å². The van der Waals surface area contributed by atoms with Crippen molar-refractivity contribution in [1.29, 1.82) is 0 Å². The van der Waals surface area contributed by atoms with Crippen molar-refractivity contribution in [3.05, 3.63) is 28.8 Å². The number of halogens is 2. The van der Waals surface area contributed by atoms with Crippen LogP contribution in [-0.4, -0.2) is 41.5 Å². The number of piperidine rings is 1. The van der Waals surface area contributed by atoms with Crippen LogP contribution >= 0.6 is 11.6 Å². The predicted octanol–water partition coefficient (Wildman–Crippen LogP) is 2.09. The van der Waals surface area contributed by atoms with Crippen LogP contribution in [0, 0.1) is 11.7 Å². The first-order valence-electron chi connectivity index (χ1n) is 6.96. The fraction of sp³-hybridized carbons (Fsp3) is 0.571. The third-order valence-electron chi connectivity index (χ3n) is 4.16. The SMILES string of the molecule is O=C(N[C@@H]1CC2CCN(CC2)C1)c1ncc(Cl)cc1F. The molecule has 1 aromatic rings.